The molecular weight excluding hydrogens is 274 g/mol. The van der Waals surface area contributed by atoms with Crippen molar-refractivity contribution in [3.8, 4) is 0 Å². The molecule has 0 amide bonds. The number of aromatic nitrogens is 1. The van der Waals surface area contributed by atoms with E-state index >= 15 is 0 Å². The predicted molar refractivity (Wildman–Crippen MR) is 74.6 cm³/mol. The van der Waals surface area contributed by atoms with Crippen molar-refractivity contribution in [1.29, 1.82) is 0 Å². The van der Waals surface area contributed by atoms with Gasteiger partial charge < -0.3 is 14.7 Å². The number of aliphatic hydroxyl groups is 1. The van der Waals surface area contributed by atoms with Crippen LogP contribution in [-0.2, 0) is 9.53 Å². The number of hydrogen-bond donors (Lipinski definition) is 2. The summed E-state index contributed by atoms with van der Waals surface area (Å²) in [6.07, 6.45) is 2.09. The minimum atomic E-state index is -0.882. The van der Waals surface area contributed by atoms with Gasteiger partial charge in [-0.25, -0.2) is 4.90 Å². The van der Waals surface area contributed by atoms with Crippen molar-refractivity contribution in [1.82, 2.24) is 4.90 Å². The number of carbonyl (C=O) groups excluding carboxylic acids is 1. The number of carbonyl (C=O) groups is 1. The van der Waals surface area contributed by atoms with Crippen molar-refractivity contribution in [2.75, 3.05) is 24.5 Å². The molecule has 2 heterocycles. The van der Waals surface area contributed by atoms with Crippen LogP contribution in [0.2, 0.25) is 0 Å². The lowest BCUT2D eigenvalue weighted by atomic mass is 10.2. The molecule has 1 aliphatic heterocycles. The molecule has 1 aromatic rings. The molecule has 7 heteroatoms. The summed E-state index contributed by atoms with van der Waals surface area (Å²) in [5.74, 6) is -0.357. The van der Waals surface area contributed by atoms with E-state index in [0.717, 1.165) is 10.4 Å². The fraction of sp³-hybridized carbons (Fsp3) is 0.571. The number of esters is 1. The Morgan fingerprint density at radius 1 is 1.38 bits per heavy atom. The molecule has 0 saturated carbocycles. The first-order valence-electron chi connectivity index (χ1n) is 6.87. The lowest BCUT2D eigenvalue weighted by Crippen LogP contribution is -2.42. The Morgan fingerprint density at radius 3 is 2.57 bits per heavy atom. The Labute approximate surface area is 123 Å². The topological polar surface area (TPSA) is 77.1 Å². The first-order valence-corrected chi connectivity index (χ1v) is 6.87. The molecule has 0 radical (unpaired) electrons. The standard InChI is InChI=1S/C14H22N3O4/c1-14(2,3)21-12(18)10-15-8-9-17(13(15)19)11-4-6-16(20)7-5-11/h4-7,13,19-20H,8-10H2,1-3H3/q+1. The highest BCUT2D eigenvalue weighted by atomic mass is 16.6. The fourth-order valence-electron chi connectivity index (χ4n) is 2.23. The number of anilines is 1. The van der Waals surface area contributed by atoms with Crippen molar-refractivity contribution in [3.63, 3.8) is 0 Å². The number of nitrogens with zero attached hydrogens (tertiary/aromatic N) is 3. The zero-order valence-corrected chi connectivity index (χ0v) is 12.6. The fourth-order valence-corrected chi connectivity index (χ4v) is 2.23. The van der Waals surface area contributed by atoms with Gasteiger partial charge in [-0.05, 0) is 20.8 Å². The molecule has 0 aromatic carbocycles. The van der Waals surface area contributed by atoms with E-state index in [1.54, 1.807) is 21.9 Å². The van der Waals surface area contributed by atoms with Gasteiger partial charge in [0.2, 0.25) is 12.4 Å². The average molecular weight is 296 g/mol. The van der Waals surface area contributed by atoms with Crippen LogP contribution in [0.25, 0.3) is 0 Å². The largest absolute Gasteiger partial charge is 0.459 e. The third kappa shape index (κ3) is 4.05. The Kier molecular flexibility index (Phi) is 4.34. The first kappa shape index (κ1) is 15.5. The normalized spacial score (nSPS) is 19.8. The zero-order chi connectivity index (χ0) is 15.6. The number of aliphatic hydroxyl groups excluding tert-OH is 1. The van der Waals surface area contributed by atoms with Crippen LogP contribution in [0.3, 0.4) is 0 Å². The molecule has 1 atom stereocenters. The molecule has 1 unspecified atom stereocenters. The number of pyridine rings is 1. The van der Waals surface area contributed by atoms with Gasteiger partial charge in [0.15, 0.2) is 6.35 Å². The van der Waals surface area contributed by atoms with Gasteiger partial charge in [-0.1, -0.05) is 0 Å². The lowest BCUT2D eigenvalue weighted by molar-refractivity contribution is -0.904. The van der Waals surface area contributed by atoms with Crippen molar-refractivity contribution < 1.29 is 24.6 Å². The van der Waals surface area contributed by atoms with E-state index in [9.17, 15) is 15.1 Å². The second-order valence-corrected chi connectivity index (χ2v) is 6.03. The van der Waals surface area contributed by atoms with Crippen molar-refractivity contribution >= 4 is 11.7 Å². The van der Waals surface area contributed by atoms with Crippen LogP contribution >= 0.6 is 0 Å². The second kappa shape index (κ2) is 5.87. The third-order valence-corrected chi connectivity index (χ3v) is 3.11. The van der Waals surface area contributed by atoms with Crippen LogP contribution < -0.4 is 9.63 Å². The molecule has 21 heavy (non-hydrogen) atoms. The molecule has 116 valence electrons. The highest BCUT2D eigenvalue weighted by Gasteiger charge is 2.33. The van der Waals surface area contributed by atoms with E-state index in [4.69, 9.17) is 4.74 Å². The highest BCUT2D eigenvalue weighted by molar-refractivity contribution is 5.72. The first-order chi connectivity index (χ1) is 9.76. The summed E-state index contributed by atoms with van der Waals surface area (Å²) >= 11 is 0. The lowest BCUT2D eigenvalue weighted by Gasteiger charge is -2.27. The summed E-state index contributed by atoms with van der Waals surface area (Å²) in [5, 5.41) is 19.5. The highest BCUT2D eigenvalue weighted by Crippen LogP contribution is 2.21. The summed E-state index contributed by atoms with van der Waals surface area (Å²) in [6, 6.07) is 3.39. The van der Waals surface area contributed by atoms with E-state index in [1.165, 1.54) is 12.4 Å². The van der Waals surface area contributed by atoms with Gasteiger partial charge in [0.25, 0.3) is 0 Å². The average Bonchev–Trinajstić information content (AvgIpc) is 2.70. The van der Waals surface area contributed by atoms with E-state index < -0.39 is 12.0 Å². The Morgan fingerprint density at radius 2 is 2.00 bits per heavy atom. The van der Waals surface area contributed by atoms with E-state index in [-0.39, 0.29) is 12.5 Å². The van der Waals surface area contributed by atoms with Gasteiger partial charge in [0.05, 0.1) is 5.69 Å². The predicted octanol–water partition coefficient (Wildman–Crippen LogP) is -0.0490. The molecule has 1 fully saturated rings. The van der Waals surface area contributed by atoms with Gasteiger partial charge in [-0.2, -0.15) is 0 Å². The van der Waals surface area contributed by atoms with E-state index in [0.29, 0.717) is 13.1 Å². The molecule has 0 spiro atoms. The van der Waals surface area contributed by atoms with E-state index in [2.05, 4.69) is 0 Å². The number of hydrogen-bond acceptors (Lipinski definition) is 6. The molecule has 7 nitrogen and oxygen atoms in total. The quantitative estimate of drug-likeness (QED) is 0.463. The minimum absolute atomic E-state index is 0.0434. The maximum absolute atomic E-state index is 11.8. The molecular formula is C14H22N3O4+. The summed E-state index contributed by atoms with van der Waals surface area (Å²) < 4.78 is 6.19. The maximum atomic E-state index is 11.8. The van der Waals surface area contributed by atoms with Crippen molar-refractivity contribution in [2.24, 2.45) is 0 Å². The van der Waals surface area contributed by atoms with Gasteiger partial charge >= 0.3 is 5.97 Å². The second-order valence-electron chi connectivity index (χ2n) is 6.03. The van der Waals surface area contributed by atoms with Crippen LogP contribution in [-0.4, -0.2) is 52.8 Å². The molecule has 0 aliphatic carbocycles. The summed E-state index contributed by atoms with van der Waals surface area (Å²) in [6.45, 7) is 6.64. The maximum Gasteiger partial charge on any atom is 0.320 e. The monoisotopic (exact) mass is 296 g/mol. The molecule has 0 bridgehead atoms. The summed E-state index contributed by atoms with van der Waals surface area (Å²) in [4.78, 5) is 15.2. The van der Waals surface area contributed by atoms with Crippen LogP contribution in [0.15, 0.2) is 24.5 Å². The summed E-state index contributed by atoms with van der Waals surface area (Å²) in [5.41, 5.74) is 0.245. The Bertz CT molecular complexity index is 498. The number of rotatable bonds is 3. The third-order valence-electron chi connectivity index (χ3n) is 3.11. The van der Waals surface area contributed by atoms with Gasteiger partial charge in [-0.15, -0.1) is 0 Å². The molecule has 1 saturated heterocycles. The zero-order valence-electron chi connectivity index (χ0n) is 12.6. The molecule has 1 aromatic heterocycles. The Hall–Kier alpha value is -1.86. The number of ether oxygens (including phenoxy) is 1. The van der Waals surface area contributed by atoms with Gasteiger partial charge in [0.1, 0.15) is 12.1 Å². The van der Waals surface area contributed by atoms with Gasteiger partial charge in [0, 0.05) is 30.0 Å². The van der Waals surface area contributed by atoms with E-state index in [1.807, 2.05) is 20.8 Å². The van der Waals surface area contributed by atoms with Crippen LogP contribution in [0, 0.1) is 0 Å². The Balaban J connectivity index is 1.96. The van der Waals surface area contributed by atoms with Crippen LogP contribution in [0.4, 0.5) is 5.69 Å². The smallest absolute Gasteiger partial charge is 0.320 e. The summed E-state index contributed by atoms with van der Waals surface area (Å²) in [7, 11) is 0. The molecule has 2 rings (SSSR count). The van der Waals surface area contributed by atoms with Crippen LogP contribution in [0.1, 0.15) is 20.8 Å². The van der Waals surface area contributed by atoms with Crippen LogP contribution in [0.5, 0.6) is 0 Å². The van der Waals surface area contributed by atoms with Crippen molar-refractivity contribution in [3.05, 3.63) is 24.5 Å². The van der Waals surface area contributed by atoms with Crippen molar-refractivity contribution in [2.45, 2.75) is 32.7 Å². The molecule has 2 N–H and O–H groups in total. The SMILES string of the molecule is CC(C)(C)OC(=O)CN1CCN(c2cc[n+](O)cc2)C1O. The van der Waals surface area contributed by atoms with Gasteiger partial charge in [-0.3, -0.25) is 10.0 Å². The molecule has 1 aliphatic rings. The minimum Gasteiger partial charge on any atom is -0.459 e.